The highest BCUT2D eigenvalue weighted by Gasteiger charge is 2.32. The minimum atomic E-state index is -1.06. The number of aliphatic carboxylic acids is 1. The van der Waals surface area contributed by atoms with E-state index < -0.39 is 5.97 Å². The Bertz CT molecular complexity index is 1580. The molecule has 1 unspecified atom stereocenters. The molecule has 1 N–H and O–H groups in total. The third-order valence-electron chi connectivity index (χ3n) is 7.58. The number of benzene rings is 3. The molecule has 4 aromatic rings. The summed E-state index contributed by atoms with van der Waals surface area (Å²) in [6.45, 7) is 3.52. The molecule has 3 aromatic carbocycles. The molecule has 1 aliphatic heterocycles. The number of likely N-dealkylation sites (tertiary alicyclic amines) is 1. The lowest BCUT2D eigenvalue weighted by Gasteiger charge is -2.32. The van der Waals surface area contributed by atoms with Crippen LogP contribution in [0.2, 0.25) is 10.0 Å². The fourth-order valence-corrected chi connectivity index (χ4v) is 5.87. The predicted octanol–water partition coefficient (Wildman–Crippen LogP) is 6.91. The van der Waals surface area contributed by atoms with Gasteiger partial charge < -0.3 is 19.5 Å². The minimum absolute atomic E-state index is 0.0438. The van der Waals surface area contributed by atoms with E-state index in [1.165, 1.54) is 5.56 Å². The van der Waals surface area contributed by atoms with Gasteiger partial charge in [0, 0.05) is 36.3 Å². The Balaban J connectivity index is 1.42. The molecule has 0 aliphatic carbocycles. The molecule has 0 radical (unpaired) electrons. The molecule has 2 heterocycles. The number of carboxylic acid groups (broad SMARTS) is 1. The average Bonchev–Trinajstić information content (AvgIpc) is 3.36. The first-order chi connectivity index (χ1) is 20.7. The number of hydrogen-bond donors (Lipinski definition) is 1. The molecular formula is C33H33Cl2N3O5. The number of piperidine rings is 1. The molecule has 0 spiro atoms. The van der Waals surface area contributed by atoms with Crippen LogP contribution >= 0.6 is 23.2 Å². The maximum atomic E-state index is 14.0. The number of ether oxygens (including phenoxy) is 2. The van der Waals surface area contributed by atoms with Gasteiger partial charge in [-0.3, -0.25) is 9.59 Å². The van der Waals surface area contributed by atoms with E-state index in [0.29, 0.717) is 58.2 Å². The molecule has 1 fully saturated rings. The van der Waals surface area contributed by atoms with Crippen LogP contribution in [0.15, 0.2) is 72.8 Å². The fourth-order valence-electron chi connectivity index (χ4n) is 5.53. The highest BCUT2D eigenvalue weighted by molar-refractivity contribution is 6.32. The molecule has 1 saturated heterocycles. The molecule has 1 amide bonds. The van der Waals surface area contributed by atoms with Crippen molar-refractivity contribution in [3.63, 3.8) is 0 Å². The number of hydrogen-bond acceptors (Lipinski definition) is 5. The van der Waals surface area contributed by atoms with E-state index in [0.717, 1.165) is 18.6 Å². The van der Waals surface area contributed by atoms with Crippen molar-refractivity contribution in [1.82, 2.24) is 14.7 Å². The lowest BCUT2D eigenvalue weighted by Crippen LogP contribution is -2.38. The molecule has 224 valence electrons. The summed E-state index contributed by atoms with van der Waals surface area (Å²) in [5.74, 6) is -0.284. The summed E-state index contributed by atoms with van der Waals surface area (Å²) in [5, 5.41) is 15.5. The quantitative estimate of drug-likeness (QED) is 0.207. The van der Waals surface area contributed by atoms with E-state index in [2.05, 4.69) is 12.1 Å². The lowest BCUT2D eigenvalue weighted by atomic mass is 9.89. The molecule has 0 saturated carbocycles. The first-order valence-corrected chi connectivity index (χ1v) is 14.9. The topological polar surface area (TPSA) is 93.9 Å². The number of carbonyl (C=O) groups excluding carboxylic acids is 1. The Hall–Kier alpha value is -3.85. The number of nitrogens with zero attached hydrogens (tertiary/aromatic N) is 3. The summed E-state index contributed by atoms with van der Waals surface area (Å²) in [7, 11) is 1.65. The van der Waals surface area contributed by atoms with Crippen LogP contribution in [0.3, 0.4) is 0 Å². The average molecular weight is 623 g/mol. The number of amides is 1. The van der Waals surface area contributed by atoms with Crippen molar-refractivity contribution in [2.75, 3.05) is 26.8 Å². The SMILES string of the molecule is COCC(C)Oc1ccc(C2CCN(C(=O)c3nn(-c4ccccc4Cl)c(-c4ccc(Cl)cc4)c3CC(=O)O)CC2)cc1. The van der Waals surface area contributed by atoms with Crippen LogP contribution in [0.1, 0.15) is 47.3 Å². The first-order valence-electron chi connectivity index (χ1n) is 14.1. The summed E-state index contributed by atoms with van der Waals surface area (Å²) in [6, 6.07) is 22.2. The molecule has 43 heavy (non-hydrogen) atoms. The van der Waals surface area contributed by atoms with Gasteiger partial charge in [-0.25, -0.2) is 4.68 Å². The summed E-state index contributed by atoms with van der Waals surface area (Å²) in [5.41, 5.74) is 3.35. The van der Waals surface area contributed by atoms with Gasteiger partial charge in [0.1, 0.15) is 11.9 Å². The van der Waals surface area contributed by atoms with Crippen molar-refractivity contribution in [2.45, 2.75) is 38.2 Å². The van der Waals surface area contributed by atoms with Crippen LogP contribution in [-0.2, 0) is 16.0 Å². The third-order valence-corrected chi connectivity index (χ3v) is 8.16. The third kappa shape index (κ3) is 7.04. The van der Waals surface area contributed by atoms with E-state index in [-0.39, 0.29) is 24.1 Å². The van der Waals surface area contributed by atoms with E-state index >= 15 is 0 Å². The highest BCUT2D eigenvalue weighted by Crippen LogP contribution is 2.35. The molecule has 0 bridgehead atoms. The van der Waals surface area contributed by atoms with Crippen molar-refractivity contribution in [3.05, 3.63) is 99.7 Å². The molecule has 5 rings (SSSR count). The zero-order valence-electron chi connectivity index (χ0n) is 24.0. The molecule has 10 heteroatoms. The molecule has 1 aliphatic rings. The van der Waals surface area contributed by atoms with Crippen LogP contribution in [0.4, 0.5) is 0 Å². The largest absolute Gasteiger partial charge is 0.488 e. The van der Waals surface area contributed by atoms with Gasteiger partial charge in [-0.1, -0.05) is 59.6 Å². The van der Waals surface area contributed by atoms with Crippen molar-refractivity contribution in [1.29, 1.82) is 0 Å². The van der Waals surface area contributed by atoms with Gasteiger partial charge in [-0.15, -0.1) is 0 Å². The van der Waals surface area contributed by atoms with E-state index in [4.69, 9.17) is 37.8 Å². The molecule has 8 nitrogen and oxygen atoms in total. The smallest absolute Gasteiger partial charge is 0.307 e. The van der Waals surface area contributed by atoms with Gasteiger partial charge >= 0.3 is 5.97 Å². The lowest BCUT2D eigenvalue weighted by molar-refractivity contribution is -0.136. The van der Waals surface area contributed by atoms with Crippen molar-refractivity contribution in [3.8, 4) is 22.7 Å². The number of para-hydroxylation sites is 1. The monoisotopic (exact) mass is 621 g/mol. The second-order valence-corrected chi connectivity index (χ2v) is 11.5. The van der Waals surface area contributed by atoms with E-state index in [1.807, 2.05) is 25.1 Å². The van der Waals surface area contributed by atoms with Gasteiger partial charge in [0.05, 0.1) is 29.4 Å². The van der Waals surface area contributed by atoms with Gasteiger partial charge in [-0.2, -0.15) is 5.10 Å². The first kappa shape index (κ1) is 30.6. The van der Waals surface area contributed by atoms with Gasteiger partial charge in [-0.05, 0) is 67.6 Å². The van der Waals surface area contributed by atoms with Crippen LogP contribution in [0, 0.1) is 0 Å². The van der Waals surface area contributed by atoms with Crippen molar-refractivity contribution >= 4 is 35.1 Å². The van der Waals surface area contributed by atoms with Gasteiger partial charge in [0.25, 0.3) is 5.91 Å². The normalized spacial score (nSPS) is 14.5. The summed E-state index contributed by atoms with van der Waals surface area (Å²) in [4.78, 5) is 27.8. The van der Waals surface area contributed by atoms with Crippen LogP contribution in [-0.4, -0.2) is 64.6 Å². The Kier molecular flexibility index (Phi) is 9.70. The zero-order valence-corrected chi connectivity index (χ0v) is 25.5. The summed E-state index contributed by atoms with van der Waals surface area (Å²) < 4.78 is 12.6. The molecule has 1 atom stereocenters. The zero-order chi connectivity index (χ0) is 30.5. The second-order valence-electron chi connectivity index (χ2n) is 10.6. The number of aromatic nitrogens is 2. The number of carboxylic acids is 1. The number of halogens is 2. The van der Waals surface area contributed by atoms with Crippen LogP contribution in [0.25, 0.3) is 16.9 Å². The standard InChI is InChI=1S/C33H33Cl2N3O5/c1-21(20-42-2)43-26-13-9-22(10-14-26)23-15-17-37(18-16-23)33(41)31-27(19-30(39)40)32(24-7-11-25(34)12-8-24)38(36-31)29-6-4-3-5-28(29)35/h3-14,21,23H,15-20H2,1-2H3,(H,39,40). The summed E-state index contributed by atoms with van der Waals surface area (Å²) in [6.07, 6.45) is 1.13. The molecule has 1 aromatic heterocycles. The maximum absolute atomic E-state index is 14.0. The van der Waals surface area contributed by atoms with Crippen molar-refractivity contribution in [2.24, 2.45) is 0 Å². The maximum Gasteiger partial charge on any atom is 0.307 e. The minimum Gasteiger partial charge on any atom is -0.488 e. The van der Waals surface area contributed by atoms with Gasteiger partial charge in [0.2, 0.25) is 0 Å². The fraction of sp³-hybridized carbons (Fsp3) is 0.303. The number of rotatable bonds is 10. The van der Waals surface area contributed by atoms with Crippen LogP contribution in [0.5, 0.6) is 5.75 Å². The second kappa shape index (κ2) is 13.6. The van der Waals surface area contributed by atoms with Crippen LogP contribution < -0.4 is 4.74 Å². The van der Waals surface area contributed by atoms with E-state index in [9.17, 15) is 14.7 Å². The predicted molar refractivity (Wildman–Crippen MR) is 167 cm³/mol. The Labute approximate surface area is 260 Å². The number of methoxy groups -OCH3 is 1. The highest BCUT2D eigenvalue weighted by atomic mass is 35.5. The Morgan fingerprint density at radius 1 is 1.00 bits per heavy atom. The number of carbonyl (C=O) groups is 2. The summed E-state index contributed by atoms with van der Waals surface area (Å²) >= 11 is 12.7. The van der Waals surface area contributed by atoms with Crippen molar-refractivity contribution < 1.29 is 24.2 Å². The molecular weight excluding hydrogens is 589 g/mol. The van der Waals surface area contributed by atoms with E-state index in [1.54, 1.807) is 59.2 Å². The Morgan fingerprint density at radius 2 is 1.67 bits per heavy atom. The van der Waals surface area contributed by atoms with Gasteiger partial charge in [0.15, 0.2) is 5.69 Å². The Morgan fingerprint density at radius 3 is 2.30 bits per heavy atom.